The van der Waals surface area contributed by atoms with Crippen LogP contribution in [0.3, 0.4) is 0 Å². The summed E-state index contributed by atoms with van der Waals surface area (Å²) in [5.41, 5.74) is 3.54. The summed E-state index contributed by atoms with van der Waals surface area (Å²) in [6.45, 7) is 3.13. The minimum absolute atomic E-state index is 0.0685. The Labute approximate surface area is 204 Å². The number of alkyl carbamates (subject to hydrolysis) is 1. The summed E-state index contributed by atoms with van der Waals surface area (Å²) in [5, 5.41) is 12.6. The molecule has 2 heterocycles. The van der Waals surface area contributed by atoms with E-state index < -0.39 is 23.5 Å². The van der Waals surface area contributed by atoms with E-state index in [0.29, 0.717) is 32.6 Å². The van der Waals surface area contributed by atoms with Crippen LogP contribution in [-0.2, 0) is 19.1 Å². The van der Waals surface area contributed by atoms with Gasteiger partial charge in [0.25, 0.3) is 0 Å². The Bertz CT molecular complexity index is 1100. The predicted molar refractivity (Wildman–Crippen MR) is 128 cm³/mol. The number of amides is 2. The third-order valence-corrected chi connectivity index (χ3v) is 7.79. The first-order chi connectivity index (χ1) is 16.9. The van der Waals surface area contributed by atoms with Crippen LogP contribution in [0, 0.1) is 11.3 Å². The molecule has 2 fully saturated rings. The van der Waals surface area contributed by atoms with Gasteiger partial charge in [-0.2, -0.15) is 0 Å². The molecule has 2 saturated heterocycles. The number of carboxylic acids is 1. The van der Waals surface area contributed by atoms with Crippen molar-refractivity contribution in [3.63, 3.8) is 0 Å². The molecule has 3 aliphatic rings. The van der Waals surface area contributed by atoms with Gasteiger partial charge < -0.3 is 24.8 Å². The van der Waals surface area contributed by atoms with Gasteiger partial charge in [-0.3, -0.25) is 9.59 Å². The molecule has 0 spiro atoms. The fourth-order valence-corrected chi connectivity index (χ4v) is 5.81. The molecule has 8 heteroatoms. The standard InChI is InChI=1S/C27H30N2O6/c1-2-23(24(30)29-13-17-14-34-12-11-27(17,16-29)25(31)32)28-26(33)35-15-22-20-9-5-3-7-18(20)19-8-4-6-10-21(19)22/h3-10,17,22-23H,2,11-16H2,1H3,(H,28,33)(H,31,32)/t17-,23-,27+/m1/s1. The fourth-order valence-electron chi connectivity index (χ4n) is 5.81. The van der Waals surface area contributed by atoms with Crippen molar-refractivity contribution < 1.29 is 29.0 Å². The van der Waals surface area contributed by atoms with Gasteiger partial charge in [0.05, 0.1) is 12.0 Å². The van der Waals surface area contributed by atoms with E-state index >= 15 is 0 Å². The van der Waals surface area contributed by atoms with E-state index in [4.69, 9.17) is 9.47 Å². The fraction of sp³-hybridized carbons (Fsp3) is 0.444. The van der Waals surface area contributed by atoms with Gasteiger partial charge in [-0.05, 0) is 35.1 Å². The molecule has 2 aromatic carbocycles. The van der Waals surface area contributed by atoms with E-state index in [-0.39, 0.29) is 30.9 Å². The molecule has 35 heavy (non-hydrogen) atoms. The molecule has 0 unspecified atom stereocenters. The summed E-state index contributed by atoms with van der Waals surface area (Å²) >= 11 is 0. The van der Waals surface area contributed by atoms with Crippen molar-refractivity contribution in [1.29, 1.82) is 0 Å². The van der Waals surface area contributed by atoms with Crippen LogP contribution < -0.4 is 5.32 Å². The Balaban J connectivity index is 1.23. The van der Waals surface area contributed by atoms with Crippen LogP contribution in [0.5, 0.6) is 0 Å². The largest absolute Gasteiger partial charge is 0.481 e. The Morgan fingerprint density at radius 2 is 1.80 bits per heavy atom. The quantitative estimate of drug-likeness (QED) is 0.660. The number of nitrogens with one attached hydrogen (secondary N) is 1. The second kappa shape index (κ2) is 9.34. The molecular weight excluding hydrogens is 448 g/mol. The first-order valence-electron chi connectivity index (χ1n) is 12.2. The van der Waals surface area contributed by atoms with Crippen LogP contribution in [0.2, 0.25) is 0 Å². The normalized spacial score (nSPS) is 23.7. The summed E-state index contributed by atoms with van der Waals surface area (Å²) in [6.07, 6.45) is 0.105. The number of ether oxygens (including phenoxy) is 2. The average molecular weight is 479 g/mol. The highest BCUT2D eigenvalue weighted by molar-refractivity contribution is 5.87. The zero-order valence-corrected chi connectivity index (χ0v) is 19.7. The van der Waals surface area contributed by atoms with Crippen LogP contribution in [0.15, 0.2) is 48.5 Å². The summed E-state index contributed by atoms with van der Waals surface area (Å²) in [7, 11) is 0. The second-order valence-corrected chi connectivity index (χ2v) is 9.63. The van der Waals surface area contributed by atoms with Crippen LogP contribution in [0.1, 0.15) is 36.8 Å². The molecule has 0 bridgehead atoms. The van der Waals surface area contributed by atoms with E-state index in [1.54, 1.807) is 4.90 Å². The highest BCUT2D eigenvalue weighted by atomic mass is 16.5. The second-order valence-electron chi connectivity index (χ2n) is 9.63. The molecule has 5 rings (SSSR count). The molecule has 2 aliphatic heterocycles. The number of carbonyl (C=O) groups excluding carboxylic acids is 2. The maximum atomic E-state index is 13.2. The highest BCUT2D eigenvalue weighted by Gasteiger charge is 2.55. The minimum Gasteiger partial charge on any atom is -0.481 e. The molecular formula is C27H30N2O6. The molecule has 2 amide bonds. The van der Waals surface area contributed by atoms with Crippen molar-refractivity contribution in [2.24, 2.45) is 11.3 Å². The summed E-state index contributed by atoms with van der Waals surface area (Å²) in [5.74, 6) is -1.49. The lowest BCUT2D eigenvalue weighted by Gasteiger charge is -2.33. The van der Waals surface area contributed by atoms with Gasteiger partial charge in [0.2, 0.25) is 5.91 Å². The lowest BCUT2D eigenvalue weighted by molar-refractivity contribution is -0.157. The maximum absolute atomic E-state index is 13.2. The molecule has 1 aliphatic carbocycles. The molecule has 184 valence electrons. The van der Waals surface area contributed by atoms with Gasteiger partial charge in [0.15, 0.2) is 0 Å². The topological polar surface area (TPSA) is 105 Å². The lowest BCUT2D eigenvalue weighted by atomic mass is 9.74. The van der Waals surface area contributed by atoms with Gasteiger partial charge in [-0.25, -0.2) is 4.79 Å². The maximum Gasteiger partial charge on any atom is 0.407 e. The molecule has 0 saturated carbocycles. The monoisotopic (exact) mass is 478 g/mol. The number of benzene rings is 2. The molecule has 3 atom stereocenters. The summed E-state index contributed by atoms with van der Waals surface area (Å²) in [4.78, 5) is 39.6. The Kier molecular flexibility index (Phi) is 6.23. The van der Waals surface area contributed by atoms with Crippen LogP contribution in [0.4, 0.5) is 4.79 Å². The van der Waals surface area contributed by atoms with Crippen LogP contribution >= 0.6 is 0 Å². The molecule has 2 N–H and O–H groups in total. The molecule has 0 radical (unpaired) electrons. The number of rotatable bonds is 6. The van der Waals surface area contributed by atoms with Gasteiger partial charge in [0.1, 0.15) is 12.6 Å². The summed E-state index contributed by atoms with van der Waals surface area (Å²) in [6, 6.07) is 15.4. The number of fused-ring (bicyclic) bond motifs is 4. The lowest BCUT2D eigenvalue weighted by Crippen LogP contribution is -2.49. The Hall–Kier alpha value is -3.39. The van der Waals surface area contributed by atoms with E-state index in [9.17, 15) is 19.5 Å². The number of likely N-dealkylation sites (tertiary alicyclic amines) is 1. The van der Waals surface area contributed by atoms with E-state index in [1.165, 1.54) is 0 Å². The Morgan fingerprint density at radius 1 is 1.14 bits per heavy atom. The zero-order chi connectivity index (χ0) is 24.6. The van der Waals surface area contributed by atoms with Crippen molar-refractivity contribution in [2.75, 3.05) is 32.9 Å². The number of aliphatic carboxylic acids is 1. The van der Waals surface area contributed by atoms with Crippen LogP contribution in [0.25, 0.3) is 11.1 Å². The van der Waals surface area contributed by atoms with Crippen molar-refractivity contribution >= 4 is 18.0 Å². The Morgan fingerprint density at radius 3 is 2.40 bits per heavy atom. The van der Waals surface area contributed by atoms with Gasteiger partial charge in [-0.1, -0.05) is 55.5 Å². The first kappa shape index (κ1) is 23.4. The predicted octanol–water partition coefficient (Wildman–Crippen LogP) is 3.25. The van der Waals surface area contributed by atoms with Crippen molar-refractivity contribution in [3.8, 4) is 11.1 Å². The van der Waals surface area contributed by atoms with Gasteiger partial charge in [-0.15, -0.1) is 0 Å². The SMILES string of the molecule is CC[C@@H](NC(=O)OCC1c2ccccc2-c2ccccc21)C(=O)N1C[C@@H]2COCC[C@]2(C(=O)O)C1. The molecule has 0 aromatic heterocycles. The van der Waals surface area contributed by atoms with Crippen molar-refractivity contribution in [1.82, 2.24) is 10.2 Å². The van der Waals surface area contributed by atoms with Gasteiger partial charge >= 0.3 is 12.1 Å². The van der Waals surface area contributed by atoms with Crippen molar-refractivity contribution in [2.45, 2.75) is 31.7 Å². The van der Waals surface area contributed by atoms with Crippen LogP contribution in [-0.4, -0.2) is 66.9 Å². The number of carbonyl (C=O) groups is 3. The average Bonchev–Trinajstić information content (AvgIpc) is 3.43. The van der Waals surface area contributed by atoms with Gasteiger partial charge in [0, 0.05) is 31.5 Å². The number of hydrogen-bond donors (Lipinski definition) is 2. The summed E-state index contributed by atoms with van der Waals surface area (Å²) < 4.78 is 11.1. The van der Waals surface area contributed by atoms with E-state index in [2.05, 4.69) is 29.6 Å². The third kappa shape index (κ3) is 4.05. The number of nitrogens with zero attached hydrogens (tertiary/aromatic N) is 1. The third-order valence-electron chi connectivity index (χ3n) is 7.79. The molecule has 8 nitrogen and oxygen atoms in total. The first-order valence-corrected chi connectivity index (χ1v) is 12.2. The number of carboxylic acid groups (broad SMARTS) is 1. The van der Waals surface area contributed by atoms with Crippen molar-refractivity contribution in [3.05, 3.63) is 59.7 Å². The number of hydrogen-bond acceptors (Lipinski definition) is 5. The smallest absolute Gasteiger partial charge is 0.407 e. The molecule has 2 aromatic rings. The minimum atomic E-state index is -0.976. The zero-order valence-electron chi connectivity index (χ0n) is 19.7. The highest BCUT2D eigenvalue weighted by Crippen LogP contribution is 2.45. The van der Waals surface area contributed by atoms with E-state index in [1.807, 2.05) is 31.2 Å². The van der Waals surface area contributed by atoms with E-state index in [0.717, 1.165) is 22.3 Å².